The molecule has 148 valence electrons. The van der Waals surface area contributed by atoms with E-state index in [1.54, 1.807) is 0 Å². The molecular formula is C24H31N3O. The number of hydrogen-bond donors (Lipinski definition) is 1. The average Bonchev–Trinajstić information content (AvgIpc) is 2.95. The van der Waals surface area contributed by atoms with Gasteiger partial charge in [-0.25, -0.2) is 4.98 Å². The van der Waals surface area contributed by atoms with Crippen molar-refractivity contribution in [3.8, 4) is 17.0 Å². The molecule has 4 nitrogen and oxygen atoms in total. The first kappa shape index (κ1) is 19.0. The number of hydrogen-bond acceptors (Lipinski definition) is 3. The van der Waals surface area contributed by atoms with Gasteiger partial charge in [-0.2, -0.15) is 0 Å². The second-order valence-electron chi connectivity index (χ2n) is 7.96. The van der Waals surface area contributed by atoms with Crippen LogP contribution in [0, 0.1) is 6.92 Å². The van der Waals surface area contributed by atoms with E-state index in [2.05, 4.69) is 53.3 Å². The van der Waals surface area contributed by atoms with Crippen molar-refractivity contribution in [1.29, 1.82) is 0 Å². The Kier molecular flexibility index (Phi) is 6.27. The molecule has 0 bridgehead atoms. The van der Waals surface area contributed by atoms with Gasteiger partial charge in [0.25, 0.3) is 0 Å². The first-order chi connectivity index (χ1) is 13.8. The van der Waals surface area contributed by atoms with E-state index in [0.717, 1.165) is 48.3 Å². The van der Waals surface area contributed by atoms with E-state index in [4.69, 9.17) is 9.72 Å². The van der Waals surface area contributed by atoms with Crippen molar-refractivity contribution in [1.82, 2.24) is 14.7 Å². The molecule has 1 aromatic carbocycles. The SMILES string of the molecule is Cc1ccn2cc(-c3ccc(OCCCNC4CCCCCC4)cc3)nc2c1. The van der Waals surface area contributed by atoms with Crippen LogP contribution < -0.4 is 10.1 Å². The van der Waals surface area contributed by atoms with Gasteiger partial charge in [-0.05, 0) is 74.7 Å². The van der Waals surface area contributed by atoms with Crippen molar-refractivity contribution in [2.75, 3.05) is 13.2 Å². The van der Waals surface area contributed by atoms with Crippen molar-refractivity contribution < 1.29 is 4.74 Å². The topological polar surface area (TPSA) is 38.6 Å². The maximum absolute atomic E-state index is 5.92. The highest BCUT2D eigenvalue weighted by atomic mass is 16.5. The van der Waals surface area contributed by atoms with Crippen molar-refractivity contribution in [2.45, 2.75) is 57.9 Å². The lowest BCUT2D eigenvalue weighted by molar-refractivity contribution is 0.302. The van der Waals surface area contributed by atoms with Gasteiger partial charge in [0.1, 0.15) is 11.4 Å². The number of rotatable bonds is 7. The molecule has 4 rings (SSSR count). The molecule has 0 amide bonds. The van der Waals surface area contributed by atoms with Crippen molar-refractivity contribution in [3.05, 3.63) is 54.4 Å². The number of fused-ring (bicyclic) bond motifs is 1. The summed E-state index contributed by atoms with van der Waals surface area (Å²) in [5, 5.41) is 3.70. The highest BCUT2D eigenvalue weighted by Gasteiger charge is 2.10. The van der Waals surface area contributed by atoms with Crippen molar-refractivity contribution >= 4 is 5.65 Å². The fourth-order valence-corrected chi connectivity index (χ4v) is 4.00. The number of benzene rings is 1. The highest BCUT2D eigenvalue weighted by molar-refractivity contribution is 5.63. The van der Waals surface area contributed by atoms with Crippen molar-refractivity contribution in [3.63, 3.8) is 0 Å². The van der Waals surface area contributed by atoms with Crippen LogP contribution in [0.2, 0.25) is 0 Å². The van der Waals surface area contributed by atoms with Gasteiger partial charge in [0.05, 0.1) is 12.3 Å². The third kappa shape index (κ3) is 4.93. The maximum Gasteiger partial charge on any atom is 0.137 e. The Morgan fingerprint density at radius 1 is 1.07 bits per heavy atom. The van der Waals surface area contributed by atoms with Crippen LogP contribution in [-0.2, 0) is 0 Å². The molecule has 1 aliphatic rings. The van der Waals surface area contributed by atoms with E-state index in [1.165, 1.54) is 44.1 Å². The van der Waals surface area contributed by atoms with Crippen LogP contribution in [0.3, 0.4) is 0 Å². The molecule has 1 aliphatic carbocycles. The first-order valence-corrected chi connectivity index (χ1v) is 10.7. The predicted molar refractivity (Wildman–Crippen MR) is 115 cm³/mol. The summed E-state index contributed by atoms with van der Waals surface area (Å²) in [5.74, 6) is 0.929. The van der Waals surface area contributed by atoms with Gasteiger partial charge >= 0.3 is 0 Å². The van der Waals surface area contributed by atoms with Gasteiger partial charge < -0.3 is 14.5 Å². The number of aryl methyl sites for hydroxylation is 1. The summed E-state index contributed by atoms with van der Waals surface area (Å²) in [5.41, 5.74) is 4.31. The lowest BCUT2D eigenvalue weighted by Crippen LogP contribution is -2.30. The van der Waals surface area contributed by atoms with Gasteiger partial charge in [0.15, 0.2) is 0 Å². The fourth-order valence-electron chi connectivity index (χ4n) is 4.00. The van der Waals surface area contributed by atoms with Crippen LogP contribution in [0.5, 0.6) is 5.75 Å². The second-order valence-corrected chi connectivity index (χ2v) is 7.96. The summed E-state index contributed by atoms with van der Waals surface area (Å²) in [4.78, 5) is 4.72. The number of ether oxygens (including phenoxy) is 1. The van der Waals surface area contributed by atoms with E-state index in [9.17, 15) is 0 Å². The first-order valence-electron chi connectivity index (χ1n) is 10.7. The summed E-state index contributed by atoms with van der Waals surface area (Å²) in [6, 6.07) is 13.2. The molecule has 28 heavy (non-hydrogen) atoms. The lowest BCUT2D eigenvalue weighted by Gasteiger charge is -2.16. The Bertz CT molecular complexity index is 877. The Hall–Kier alpha value is -2.33. The van der Waals surface area contributed by atoms with E-state index in [0.29, 0.717) is 0 Å². The smallest absolute Gasteiger partial charge is 0.137 e. The molecule has 0 aliphatic heterocycles. The minimum Gasteiger partial charge on any atom is -0.494 e. The zero-order chi connectivity index (χ0) is 19.2. The number of imidazole rings is 1. The molecule has 1 saturated carbocycles. The van der Waals surface area contributed by atoms with E-state index in [-0.39, 0.29) is 0 Å². The molecule has 2 aromatic heterocycles. The molecule has 0 spiro atoms. The number of nitrogens with zero attached hydrogens (tertiary/aromatic N) is 2. The third-order valence-electron chi connectivity index (χ3n) is 5.64. The number of nitrogens with one attached hydrogen (secondary N) is 1. The molecule has 1 N–H and O–H groups in total. The molecule has 0 unspecified atom stereocenters. The van der Waals surface area contributed by atoms with Crippen LogP contribution in [0.4, 0.5) is 0 Å². The second kappa shape index (κ2) is 9.24. The summed E-state index contributed by atoms with van der Waals surface area (Å²) in [7, 11) is 0. The number of aromatic nitrogens is 2. The molecule has 0 atom stereocenters. The quantitative estimate of drug-likeness (QED) is 0.443. The monoisotopic (exact) mass is 377 g/mol. The predicted octanol–water partition coefficient (Wildman–Crippen LogP) is 5.39. The molecule has 0 saturated heterocycles. The molecule has 0 radical (unpaired) electrons. The summed E-state index contributed by atoms with van der Waals surface area (Å²) < 4.78 is 7.98. The van der Waals surface area contributed by atoms with Crippen LogP contribution >= 0.6 is 0 Å². The van der Waals surface area contributed by atoms with Gasteiger partial charge in [-0.1, -0.05) is 25.7 Å². The Labute approximate surface area is 167 Å². The third-order valence-corrected chi connectivity index (χ3v) is 5.64. The van der Waals surface area contributed by atoms with Gasteiger partial charge in [0, 0.05) is 24.0 Å². The van der Waals surface area contributed by atoms with Crippen LogP contribution in [0.15, 0.2) is 48.8 Å². The summed E-state index contributed by atoms with van der Waals surface area (Å²) in [6.07, 6.45) is 13.4. The molecule has 1 fully saturated rings. The zero-order valence-corrected chi connectivity index (χ0v) is 16.9. The number of pyridine rings is 1. The zero-order valence-electron chi connectivity index (χ0n) is 16.9. The molecule has 2 heterocycles. The average molecular weight is 378 g/mol. The Morgan fingerprint density at radius 3 is 2.64 bits per heavy atom. The van der Waals surface area contributed by atoms with Gasteiger partial charge in [0.2, 0.25) is 0 Å². The Morgan fingerprint density at radius 2 is 1.86 bits per heavy atom. The minimum atomic E-state index is 0.719. The molecule has 4 heteroatoms. The maximum atomic E-state index is 5.92. The summed E-state index contributed by atoms with van der Waals surface area (Å²) >= 11 is 0. The van der Waals surface area contributed by atoms with Crippen LogP contribution in [0.1, 0.15) is 50.5 Å². The molecule has 3 aromatic rings. The molecular weight excluding hydrogens is 346 g/mol. The highest BCUT2D eigenvalue weighted by Crippen LogP contribution is 2.23. The minimum absolute atomic E-state index is 0.719. The van der Waals surface area contributed by atoms with Gasteiger partial charge in [-0.15, -0.1) is 0 Å². The van der Waals surface area contributed by atoms with Crippen LogP contribution in [-0.4, -0.2) is 28.6 Å². The van der Waals surface area contributed by atoms with E-state index >= 15 is 0 Å². The van der Waals surface area contributed by atoms with Crippen molar-refractivity contribution in [2.24, 2.45) is 0 Å². The van der Waals surface area contributed by atoms with E-state index < -0.39 is 0 Å². The largest absolute Gasteiger partial charge is 0.494 e. The Balaban J connectivity index is 1.25. The standard InChI is InChI=1S/C24H31N3O/c1-19-13-15-27-18-23(26-24(27)17-19)20-9-11-22(12-10-20)28-16-6-14-25-21-7-4-2-3-5-8-21/h9-13,15,17-18,21,25H,2-8,14,16H2,1H3. The lowest BCUT2D eigenvalue weighted by atomic mass is 10.1. The summed E-state index contributed by atoms with van der Waals surface area (Å²) in [6.45, 7) is 3.89. The normalized spacial score (nSPS) is 15.6. The van der Waals surface area contributed by atoms with Gasteiger partial charge in [-0.3, -0.25) is 0 Å². The van der Waals surface area contributed by atoms with E-state index in [1.807, 2.05) is 12.1 Å². The fraction of sp³-hybridized carbons (Fsp3) is 0.458. The van der Waals surface area contributed by atoms with Crippen LogP contribution in [0.25, 0.3) is 16.9 Å².